The Morgan fingerprint density at radius 1 is 1.69 bits per heavy atom. The summed E-state index contributed by atoms with van der Waals surface area (Å²) in [5.74, 6) is 0.280. The van der Waals surface area contributed by atoms with Gasteiger partial charge in [-0.2, -0.15) is 4.62 Å². The highest BCUT2D eigenvalue weighted by Gasteiger charge is 2.10. The predicted molar refractivity (Wildman–Crippen MR) is 49.1 cm³/mol. The number of anilines is 1. The lowest BCUT2D eigenvalue weighted by atomic mass is 10.5. The second kappa shape index (κ2) is 4.07. The molecule has 1 aromatic heterocycles. The van der Waals surface area contributed by atoms with Crippen molar-refractivity contribution in [1.82, 2.24) is 4.98 Å². The van der Waals surface area contributed by atoms with Gasteiger partial charge in [0.05, 0.1) is 11.7 Å². The van der Waals surface area contributed by atoms with Crippen LogP contribution < -0.4 is 5.48 Å². The average Bonchev–Trinajstić information content (AvgIpc) is 2.02. The van der Waals surface area contributed by atoms with Gasteiger partial charge in [-0.15, -0.1) is 0 Å². The summed E-state index contributed by atoms with van der Waals surface area (Å²) in [6.07, 6.45) is 1.37. The van der Waals surface area contributed by atoms with Gasteiger partial charge in [0.2, 0.25) is 0 Å². The SMILES string of the molecule is [CH2]P(=O)(O)ONc1ccc(Cl)cn1. The van der Waals surface area contributed by atoms with E-state index in [4.69, 9.17) is 16.5 Å². The molecule has 1 radical (unpaired) electrons. The predicted octanol–water partition coefficient (Wildman–Crippen LogP) is 2.06. The zero-order chi connectivity index (χ0) is 9.90. The van der Waals surface area contributed by atoms with Crippen LogP contribution in [0.15, 0.2) is 18.3 Å². The first-order valence-corrected chi connectivity index (χ1v) is 5.35. The van der Waals surface area contributed by atoms with E-state index in [1.165, 1.54) is 12.3 Å². The van der Waals surface area contributed by atoms with E-state index >= 15 is 0 Å². The summed E-state index contributed by atoms with van der Waals surface area (Å²) in [4.78, 5) is 12.4. The summed E-state index contributed by atoms with van der Waals surface area (Å²) in [7, 11) is -3.78. The van der Waals surface area contributed by atoms with Gasteiger partial charge in [0, 0.05) is 6.20 Å². The Bertz CT molecular complexity index is 323. The Morgan fingerprint density at radius 3 is 2.85 bits per heavy atom. The third kappa shape index (κ3) is 4.24. The van der Waals surface area contributed by atoms with E-state index in [0.29, 0.717) is 5.02 Å². The maximum Gasteiger partial charge on any atom is 0.349 e. The highest BCUT2D eigenvalue weighted by atomic mass is 35.5. The summed E-state index contributed by atoms with van der Waals surface area (Å²) in [6.45, 7) is 2.88. The van der Waals surface area contributed by atoms with Gasteiger partial charge in [-0.3, -0.25) is 4.57 Å². The molecular weight excluding hydrogens is 215 g/mol. The summed E-state index contributed by atoms with van der Waals surface area (Å²) in [6, 6.07) is 3.06. The van der Waals surface area contributed by atoms with Gasteiger partial charge in [0.25, 0.3) is 0 Å². The highest BCUT2D eigenvalue weighted by Crippen LogP contribution is 2.38. The largest absolute Gasteiger partial charge is 0.349 e. The van der Waals surface area contributed by atoms with Gasteiger partial charge in [-0.25, -0.2) is 10.5 Å². The Morgan fingerprint density at radius 2 is 2.38 bits per heavy atom. The molecule has 1 rings (SSSR count). The molecule has 13 heavy (non-hydrogen) atoms. The number of hydrogen-bond acceptors (Lipinski definition) is 4. The molecule has 1 heterocycles. The molecule has 0 aromatic carbocycles. The van der Waals surface area contributed by atoms with Crippen molar-refractivity contribution >= 4 is 25.0 Å². The summed E-state index contributed by atoms with van der Waals surface area (Å²) < 4.78 is 14.9. The fourth-order valence-electron chi connectivity index (χ4n) is 0.554. The number of pyridine rings is 1. The van der Waals surface area contributed by atoms with Crippen molar-refractivity contribution in [3.63, 3.8) is 0 Å². The molecule has 0 saturated heterocycles. The number of nitrogens with one attached hydrogen (secondary N) is 1. The Balaban J connectivity index is 2.56. The Labute approximate surface area is 80.2 Å². The molecule has 2 N–H and O–H groups in total. The first-order chi connectivity index (χ1) is 5.97. The molecule has 0 aliphatic rings. The van der Waals surface area contributed by atoms with Crippen molar-refractivity contribution in [2.24, 2.45) is 0 Å². The van der Waals surface area contributed by atoms with Gasteiger partial charge >= 0.3 is 7.60 Å². The summed E-state index contributed by atoms with van der Waals surface area (Å²) >= 11 is 5.55. The van der Waals surface area contributed by atoms with Crippen LogP contribution in [0, 0.1) is 6.66 Å². The van der Waals surface area contributed by atoms with Crippen LogP contribution in [0.2, 0.25) is 5.02 Å². The minimum atomic E-state index is -3.78. The zero-order valence-electron chi connectivity index (χ0n) is 6.48. The lowest BCUT2D eigenvalue weighted by Crippen LogP contribution is -1.98. The molecule has 0 saturated carbocycles. The van der Waals surface area contributed by atoms with Crippen LogP contribution in [0.5, 0.6) is 0 Å². The third-order valence-corrected chi connectivity index (χ3v) is 1.62. The van der Waals surface area contributed by atoms with Crippen LogP contribution in [-0.4, -0.2) is 9.88 Å². The van der Waals surface area contributed by atoms with Gasteiger partial charge < -0.3 is 4.89 Å². The normalized spacial score (nSPS) is 15.0. The van der Waals surface area contributed by atoms with Crippen molar-refractivity contribution in [3.05, 3.63) is 30.0 Å². The van der Waals surface area contributed by atoms with E-state index in [2.05, 4.69) is 21.8 Å². The number of hydrogen-bond donors (Lipinski definition) is 2. The van der Waals surface area contributed by atoms with Crippen LogP contribution in [0.3, 0.4) is 0 Å². The number of halogens is 1. The molecule has 7 heteroatoms. The van der Waals surface area contributed by atoms with Crippen molar-refractivity contribution in [2.45, 2.75) is 0 Å². The van der Waals surface area contributed by atoms with Crippen molar-refractivity contribution in [1.29, 1.82) is 0 Å². The standard InChI is InChI=1S/C6H7ClN2O3P/c1-13(10,11)12-9-6-3-2-5(7)4-8-6/h2-4H,1H2,(H,8,9)(H,10,11). The maximum absolute atomic E-state index is 10.6. The number of nitrogens with zero attached hydrogens (tertiary/aromatic N) is 1. The van der Waals surface area contributed by atoms with E-state index in [9.17, 15) is 4.57 Å². The van der Waals surface area contributed by atoms with Gasteiger partial charge in [-0.05, 0) is 12.1 Å². The zero-order valence-corrected chi connectivity index (χ0v) is 8.13. The molecule has 0 aliphatic heterocycles. The molecule has 1 unspecified atom stereocenters. The van der Waals surface area contributed by atoms with Crippen molar-refractivity contribution < 1.29 is 14.1 Å². The second-order valence-corrected chi connectivity index (χ2v) is 4.09. The van der Waals surface area contributed by atoms with Crippen molar-refractivity contribution in [2.75, 3.05) is 5.48 Å². The number of rotatable bonds is 3. The maximum atomic E-state index is 10.6. The molecule has 1 atom stereocenters. The fraction of sp³-hybridized carbons (Fsp3) is 0. The van der Waals surface area contributed by atoms with E-state index in [0.717, 1.165) is 0 Å². The summed E-state index contributed by atoms with van der Waals surface area (Å²) in [5, 5.41) is 0.465. The van der Waals surface area contributed by atoms with E-state index in [1.807, 2.05) is 0 Å². The Hall–Kier alpha value is -0.610. The van der Waals surface area contributed by atoms with Crippen LogP contribution in [0.4, 0.5) is 5.82 Å². The second-order valence-electron chi connectivity index (χ2n) is 2.19. The highest BCUT2D eigenvalue weighted by molar-refractivity contribution is 7.54. The smallest absolute Gasteiger partial charge is 0.323 e. The van der Waals surface area contributed by atoms with Gasteiger partial charge in [-0.1, -0.05) is 11.6 Å². The lowest BCUT2D eigenvalue weighted by Gasteiger charge is -2.07. The first-order valence-electron chi connectivity index (χ1n) is 3.21. The van der Waals surface area contributed by atoms with E-state index < -0.39 is 7.60 Å². The van der Waals surface area contributed by atoms with E-state index in [-0.39, 0.29) is 5.82 Å². The molecule has 0 aliphatic carbocycles. The molecule has 5 nitrogen and oxygen atoms in total. The molecule has 1 aromatic rings. The first kappa shape index (κ1) is 10.5. The minimum absolute atomic E-state index is 0.280. The molecular formula is C6H7ClN2O3P. The monoisotopic (exact) mass is 221 g/mol. The van der Waals surface area contributed by atoms with Crippen LogP contribution in [0.25, 0.3) is 0 Å². The van der Waals surface area contributed by atoms with Crippen LogP contribution in [-0.2, 0) is 9.19 Å². The van der Waals surface area contributed by atoms with Crippen LogP contribution in [0.1, 0.15) is 0 Å². The molecule has 0 fully saturated rings. The number of aromatic nitrogens is 1. The molecule has 0 bridgehead atoms. The minimum Gasteiger partial charge on any atom is -0.323 e. The van der Waals surface area contributed by atoms with Gasteiger partial charge in [0.1, 0.15) is 5.82 Å². The third-order valence-electron chi connectivity index (χ3n) is 1.02. The fourth-order valence-corrected chi connectivity index (χ4v) is 0.902. The Kier molecular flexibility index (Phi) is 3.27. The summed E-state index contributed by atoms with van der Waals surface area (Å²) in [5.41, 5.74) is 2.17. The lowest BCUT2D eigenvalue weighted by molar-refractivity contribution is 0.320. The van der Waals surface area contributed by atoms with Crippen molar-refractivity contribution in [3.8, 4) is 0 Å². The molecule has 71 valence electrons. The van der Waals surface area contributed by atoms with E-state index in [1.54, 1.807) is 6.07 Å². The quantitative estimate of drug-likeness (QED) is 0.604. The topological polar surface area (TPSA) is 71.5 Å². The van der Waals surface area contributed by atoms with Crippen LogP contribution >= 0.6 is 19.2 Å². The molecule has 0 amide bonds. The van der Waals surface area contributed by atoms with Gasteiger partial charge in [0.15, 0.2) is 0 Å². The average molecular weight is 222 g/mol. The molecule has 0 spiro atoms.